The van der Waals surface area contributed by atoms with Gasteiger partial charge < -0.3 is 0 Å². The minimum Gasteiger partial charge on any atom is -0.271 e. The highest BCUT2D eigenvalue weighted by molar-refractivity contribution is 9.10. The molecule has 9 heteroatoms. The molecule has 0 aliphatic rings. The van der Waals surface area contributed by atoms with Gasteiger partial charge in [0, 0.05) is 21.8 Å². The summed E-state index contributed by atoms with van der Waals surface area (Å²) in [4.78, 5) is 12.4. The Labute approximate surface area is 208 Å². The van der Waals surface area contributed by atoms with E-state index in [0.717, 1.165) is 42.7 Å². The number of aromatic nitrogens is 4. The van der Waals surface area contributed by atoms with Gasteiger partial charge in [0.25, 0.3) is 5.91 Å². The van der Waals surface area contributed by atoms with E-state index >= 15 is 0 Å². The molecule has 0 bridgehead atoms. The highest BCUT2D eigenvalue weighted by Gasteiger charge is 2.13. The maximum Gasteiger partial charge on any atom is 0.261 e. The van der Waals surface area contributed by atoms with Gasteiger partial charge in [0.15, 0.2) is 0 Å². The van der Waals surface area contributed by atoms with E-state index in [1.165, 1.54) is 0 Å². The van der Waals surface area contributed by atoms with Gasteiger partial charge in [-0.3, -0.25) is 14.2 Å². The Morgan fingerprint density at radius 1 is 1.06 bits per heavy atom. The van der Waals surface area contributed by atoms with Crippen molar-refractivity contribution in [3.8, 4) is 11.3 Å². The van der Waals surface area contributed by atoms with Gasteiger partial charge >= 0.3 is 0 Å². The molecular weight excluding hydrogens is 548 g/mol. The van der Waals surface area contributed by atoms with Crippen molar-refractivity contribution in [3.05, 3.63) is 92.3 Å². The molecule has 0 spiro atoms. The molecule has 33 heavy (non-hydrogen) atoms. The van der Waals surface area contributed by atoms with Crippen molar-refractivity contribution in [3.63, 3.8) is 0 Å². The summed E-state index contributed by atoms with van der Waals surface area (Å²) in [6, 6.07) is 18.0. The number of nitrogens with one attached hydrogen (secondary N) is 1. The van der Waals surface area contributed by atoms with E-state index in [-0.39, 0.29) is 12.5 Å². The molecule has 0 fully saturated rings. The summed E-state index contributed by atoms with van der Waals surface area (Å²) in [7, 11) is 0. The molecule has 0 atom stereocenters. The van der Waals surface area contributed by atoms with Crippen molar-refractivity contribution in [1.29, 1.82) is 0 Å². The lowest BCUT2D eigenvalue weighted by Gasteiger charge is -2.03. The van der Waals surface area contributed by atoms with Gasteiger partial charge in [-0.2, -0.15) is 15.3 Å². The monoisotopic (exact) mass is 568 g/mol. The number of aryl methyl sites for hydroxylation is 1. The van der Waals surface area contributed by atoms with Crippen molar-refractivity contribution in [1.82, 2.24) is 25.0 Å². The zero-order valence-corrected chi connectivity index (χ0v) is 21.3. The molecule has 168 valence electrons. The average Bonchev–Trinajstić information content (AvgIpc) is 3.31. The Hall–Kier alpha value is -3.04. The summed E-state index contributed by atoms with van der Waals surface area (Å²) in [5.74, 6) is -0.257. The largest absolute Gasteiger partial charge is 0.271 e. The molecule has 0 aliphatic carbocycles. The lowest BCUT2D eigenvalue weighted by atomic mass is 10.1. The van der Waals surface area contributed by atoms with Crippen LogP contribution in [0.15, 0.2) is 74.8 Å². The molecule has 2 aromatic heterocycles. The second-order valence-electron chi connectivity index (χ2n) is 7.56. The molecule has 0 unspecified atom stereocenters. The van der Waals surface area contributed by atoms with Crippen molar-refractivity contribution in [2.75, 3.05) is 0 Å². The quantitative estimate of drug-likeness (QED) is 0.249. The molecule has 7 nitrogen and oxygen atoms in total. The molecule has 2 aromatic carbocycles. The highest BCUT2D eigenvalue weighted by Crippen LogP contribution is 2.22. The van der Waals surface area contributed by atoms with Crippen LogP contribution < -0.4 is 5.43 Å². The number of carbonyl (C=O) groups is 1. The van der Waals surface area contributed by atoms with Crippen molar-refractivity contribution < 1.29 is 4.79 Å². The van der Waals surface area contributed by atoms with Crippen LogP contribution in [0.2, 0.25) is 0 Å². The summed E-state index contributed by atoms with van der Waals surface area (Å²) < 4.78 is 5.47. The van der Waals surface area contributed by atoms with E-state index in [1.54, 1.807) is 10.9 Å². The standard InChI is InChI=1S/C24H22Br2N6O/c1-16-23(26)17(2)32(29-16)15-22(33)28-27-12-20-14-31(13-18-8-10-21(25)11-9-18)30-24(20)19-6-4-3-5-7-19/h3-12,14H,13,15H2,1-2H3,(H,28,33)/b27-12-. The van der Waals surface area contributed by atoms with Crippen LogP contribution in [0.1, 0.15) is 22.5 Å². The maximum atomic E-state index is 12.4. The first-order valence-corrected chi connectivity index (χ1v) is 11.9. The molecule has 0 aliphatic heterocycles. The van der Waals surface area contributed by atoms with Crippen LogP contribution in [0.5, 0.6) is 0 Å². The van der Waals surface area contributed by atoms with E-state index in [1.807, 2.05) is 67.2 Å². The number of benzene rings is 2. The lowest BCUT2D eigenvalue weighted by molar-refractivity contribution is -0.121. The van der Waals surface area contributed by atoms with Crippen molar-refractivity contribution >= 4 is 44.0 Å². The van der Waals surface area contributed by atoms with E-state index in [4.69, 9.17) is 5.10 Å². The summed E-state index contributed by atoms with van der Waals surface area (Å²) in [5, 5.41) is 13.3. The number of nitrogens with zero attached hydrogens (tertiary/aromatic N) is 5. The van der Waals surface area contributed by atoms with Gasteiger partial charge in [0.2, 0.25) is 0 Å². The Kier molecular flexibility index (Phi) is 7.20. The Balaban J connectivity index is 1.52. The third kappa shape index (κ3) is 5.66. The van der Waals surface area contributed by atoms with Crippen molar-refractivity contribution in [2.24, 2.45) is 5.10 Å². The van der Waals surface area contributed by atoms with E-state index < -0.39 is 0 Å². The fourth-order valence-corrected chi connectivity index (χ4v) is 3.93. The van der Waals surface area contributed by atoms with Crippen LogP contribution in [-0.2, 0) is 17.9 Å². The SMILES string of the molecule is Cc1nn(CC(=O)N/N=C\c2cn(Cc3ccc(Br)cc3)nc2-c2ccccc2)c(C)c1Br. The molecule has 2 heterocycles. The van der Waals surface area contributed by atoms with Crippen LogP contribution in [0.4, 0.5) is 0 Å². The van der Waals surface area contributed by atoms with Crippen LogP contribution >= 0.6 is 31.9 Å². The third-order valence-electron chi connectivity index (χ3n) is 5.07. The van der Waals surface area contributed by atoms with Gasteiger partial charge in [-0.15, -0.1) is 0 Å². The number of rotatable bonds is 7. The second kappa shape index (κ2) is 10.3. The van der Waals surface area contributed by atoms with Crippen LogP contribution in [0, 0.1) is 13.8 Å². The first-order chi connectivity index (χ1) is 15.9. The zero-order chi connectivity index (χ0) is 23.4. The molecule has 4 aromatic rings. The smallest absolute Gasteiger partial charge is 0.261 e. The molecule has 0 radical (unpaired) electrons. The van der Waals surface area contributed by atoms with E-state index in [9.17, 15) is 4.79 Å². The molecule has 1 amide bonds. The highest BCUT2D eigenvalue weighted by atomic mass is 79.9. The van der Waals surface area contributed by atoms with E-state index in [2.05, 4.69) is 59.6 Å². The predicted molar refractivity (Wildman–Crippen MR) is 136 cm³/mol. The summed E-state index contributed by atoms with van der Waals surface area (Å²) in [6.45, 7) is 4.51. The van der Waals surface area contributed by atoms with Crippen LogP contribution in [0.25, 0.3) is 11.3 Å². The van der Waals surface area contributed by atoms with Crippen LogP contribution in [0.3, 0.4) is 0 Å². The fourth-order valence-electron chi connectivity index (χ4n) is 3.38. The molecular formula is C24H22Br2N6O. The minimum atomic E-state index is -0.257. The lowest BCUT2D eigenvalue weighted by Crippen LogP contribution is -2.24. The molecule has 4 rings (SSSR count). The maximum absolute atomic E-state index is 12.4. The molecule has 0 saturated heterocycles. The summed E-state index contributed by atoms with van der Waals surface area (Å²) in [6.07, 6.45) is 3.56. The Morgan fingerprint density at radius 2 is 1.79 bits per heavy atom. The first-order valence-electron chi connectivity index (χ1n) is 10.3. The van der Waals surface area contributed by atoms with Gasteiger partial charge in [-0.1, -0.05) is 58.4 Å². The van der Waals surface area contributed by atoms with Crippen molar-refractivity contribution in [2.45, 2.75) is 26.9 Å². The Bertz CT molecular complexity index is 1290. The van der Waals surface area contributed by atoms with Gasteiger partial charge in [-0.05, 0) is 47.5 Å². The number of hydrogen-bond acceptors (Lipinski definition) is 4. The van der Waals surface area contributed by atoms with Crippen LogP contribution in [-0.4, -0.2) is 31.7 Å². The van der Waals surface area contributed by atoms with Gasteiger partial charge in [-0.25, -0.2) is 5.43 Å². The average molecular weight is 570 g/mol. The topological polar surface area (TPSA) is 77.1 Å². The predicted octanol–water partition coefficient (Wildman–Crippen LogP) is 5.09. The number of hydrazone groups is 1. The number of halogens is 2. The summed E-state index contributed by atoms with van der Waals surface area (Å²) in [5.41, 5.74) is 8.05. The zero-order valence-electron chi connectivity index (χ0n) is 18.2. The second-order valence-corrected chi connectivity index (χ2v) is 9.27. The summed E-state index contributed by atoms with van der Waals surface area (Å²) >= 11 is 6.94. The van der Waals surface area contributed by atoms with E-state index in [0.29, 0.717) is 6.54 Å². The fraction of sp³-hybridized carbons (Fsp3) is 0.167. The van der Waals surface area contributed by atoms with Gasteiger partial charge in [0.1, 0.15) is 12.2 Å². The number of amides is 1. The molecule has 0 saturated carbocycles. The normalized spacial score (nSPS) is 11.3. The Morgan fingerprint density at radius 3 is 2.45 bits per heavy atom. The number of hydrogen-bond donors (Lipinski definition) is 1. The van der Waals surface area contributed by atoms with Gasteiger partial charge in [0.05, 0.1) is 28.6 Å². The molecule has 1 N–H and O–H groups in total. The minimum absolute atomic E-state index is 0.0873. The number of carbonyl (C=O) groups excluding carboxylic acids is 1. The first kappa shape index (κ1) is 23.1. The third-order valence-corrected chi connectivity index (χ3v) is 6.75.